The zero-order valence-corrected chi connectivity index (χ0v) is 11.0. The van der Waals surface area contributed by atoms with Gasteiger partial charge in [0.1, 0.15) is 0 Å². The first-order valence-corrected chi connectivity index (χ1v) is 6.24. The number of carbonyl (C=O) groups is 1. The number of piperidine rings is 1. The first-order chi connectivity index (χ1) is 7.52. The van der Waals surface area contributed by atoms with Gasteiger partial charge < -0.3 is 4.90 Å². The third-order valence-corrected chi connectivity index (χ3v) is 3.33. The maximum absolute atomic E-state index is 11.4. The van der Waals surface area contributed by atoms with Crippen molar-refractivity contribution in [3.05, 3.63) is 0 Å². The molecule has 0 radical (unpaired) electrons. The highest BCUT2D eigenvalue weighted by atomic mass is 16.2. The largest absolute Gasteiger partial charge is 0.349 e. The van der Waals surface area contributed by atoms with Gasteiger partial charge >= 0.3 is 0 Å². The first kappa shape index (κ1) is 13.5. The Morgan fingerprint density at radius 3 is 2.38 bits per heavy atom. The number of hydrogen-bond acceptors (Lipinski definition) is 3. The molecule has 94 valence electrons. The third-order valence-electron chi connectivity index (χ3n) is 3.33. The number of carbonyl (C=O) groups excluding carboxylic acids is 1. The minimum Gasteiger partial charge on any atom is -0.349 e. The van der Waals surface area contributed by atoms with Crippen LogP contribution in [0.3, 0.4) is 0 Å². The van der Waals surface area contributed by atoms with E-state index in [9.17, 15) is 4.79 Å². The Morgan fingerprint density at radius 2 is 1.88 bits per heavy atom. The van der Waals surface area contributed by atoms with E-state index in [1.54, 1.807) is 19.0 Å². The van der Waals surface area contributed by atoms with E-state index >= 15 is 0 Å². The predicted molar refractivity (Wildman–Crippen MR) is 65.9 cm³/mol. The molecule has 2 unspecified atom stereocenters. The Balaban J connectivity index is 2.28. The fourth-order valence-electron chi connectivity index (χ4n) is 2.25. The first-order valence-electron chi connectivity index (χ1n) is 6.24. The molecule has 1 aliphatic rings. The van der Waals surface area contributed by atoms with E-state index in [1.807, 2.05) is 0 Å². The molecule has 16 heavy (non-hydrogen) atoms. The molecule has 0 aromatic carbocycles. The lowest BCUT2D eigenvalue weighted by atomic mass is 10.00. The number of nitrogens with one attached hydrogen (secondary N) is 1. The molecule has 1 aliphatic heterocycles. The molecule has 0 bridgehead atoms. The van der Waals surface area contributed by atoms with Crippen LogP contribution in [-0.4, -0.2) is 48.5 Å². The van der Waals surface area contributed by atoms with Gasteiger partial charge in [-0.15, -0.1) is 0 Å². The molecule has 1 saturated heterocycles. The van der Waals surface area contributed by atoms with E-state index in [0.717, 1.165) is 6.54 Å². The summed E-state index contributed by atoms with van der Waals surface area (Å²) in [6, 6.07) is 1.16. The second-order valence-corrected chi connectivity index (χ2v) is 4.98. The van der Waals surface area contributed by atoms with Gasteiger partial charge in [-0.25, -0.2) is 5.01 Å². The Bertz CT molecular complexity index is 220. The average Bonchev–Trinajstić information content (AvgIpc) is 2.22. The second-order valence-electron chi connectivity index (χ2n) is 4.98. The number of hydrogen-bond donors (Lipinski definition) is 1. The Morgan fingerprint density at radius 1 is 1.31 bits per heavy atom. The molecule has 4 nitrogen and oxygen atoms in total. The van der Waals surface area contributed by atoms with Crippen LogP contribution in [0.5, 0.6) is 0 Å². The van der Waals surface area contributed by atoms with E-state index in [4.69, 9.17) is 0 Å². The van der Waals surface area contributed by atoms with Crippen LogP contribution >= 0.6 is 0 Å². The van der Waals surface area contributed by atoms with E-state index in [0.29, 0.717) is 18.5 Å². The van der Waals surface area contributed by atoms with Crippen molar-refractivity contribution in [2.24, 2.45) is 0 Å². The summed E-state index contributed by atoms with van der Waals surface area (Å²) in [7, 11) is 3.60. The van der Waals surface area contributed by atoms with Crippen molar-refractivity contribution in [1.82, 2.24) is 15.3 Å². The zero-order valence-electron chi connectivity index (χ0n) is 11.0. The van der Waals surface area contributed by atoms with Crippen molar-refractivity contribution in [2.75, 3.05) is 20.6 Å². The van der Waals surface area contributed by atoms with Crippen LogP contribution in [0.1, 0.15) is 39.5 Å². The van der Waals surface area contributed by atoms with E-state index in [2.05, 4.69) is 24.3 Å². The lowest BCUT2D eigenvalue weighted by Gasteiger charge is -2.39. The summed E-state index contributed by atoms with van der Waals surface area (Å²) in [5.41, 5.74) is 3.39. The van der Waals surface area contributed by atoms with E-state index < -0.39 is 0 Å². The van der Waals surface area contributed by atoms with Gasteiger partial charge in [0, 0.05) is 39.1 Å². The topological polar surface area (TPSA) is 35.6 Å². The molecule has 1 N–H and O–H groups in total. The highest BCUT2D eigenvalue weighted by Gasteiger charge is 2.24. The third kappa shape index (κ3) is 3.76. The standard InChI is InChI=1S/C12H25N3O/c1-10-6-5-7-11(2)15(10)13-9-8-12(16)14(3)4/h10-11,13H,5-9H2,1-4H3. The lowest BCUT2D eigenvalue weighted by Crippen LogP contribution is -2.52. The summed E-state index contributed by atoms with van der Waals surface area (Å²) in [5, 5.41) is 2.31. The van der Waals surface area contributed by atoms with Crippen molar-refractivity contribution < 1.29 is 4.79 Å². The van der Waals surface area contributed by atoms with Gasteiger partial charge in [0.25, 0.3) is 0 Å². The summed E-state index contributed by atoms with van der Waals surface area (Å²) in [6.45, 7) is 5.23. The van der Waals surface area contributed by atoms with Gasteiger partial charge in [-0.1, -0.05) is 6.42 Å². The van der Waals surface area contributed by atoms with Crippen LogP contribution in [-0.2, 0) is 4.79 Å². The molecule has 0 aliphatic carbocycles. The van der Waals surface area contributed by atoms with Gasteiger partial charge in [-0.2, -0.15) is 0 Å². The highest BCUT2D eigenvalue weighted by molar-refractivity contribution is 5.75. The van der Waals surface area contributed by atoms with Gasteiger partial charge in [0.15, 0.2) is 0 Å². The molecule has 4 heteroatoms. The van der Waals surface area contributed by atoms with Crippen LogP contribution < -0.4 is 5.43 Å². The van der Waals surface area contributed by atoms with Crippen LogP contribution in [0.25, 0.3) is 0 Å². The molecular weight excluding hydrogens is 202 g/mol. The smallest absolute Gasteiger partial charge is 0.223 e. The molecule has 1 amide bonds. The van der Waals surface area contributed by atoms with Gasteiger partial charge in [0.2, 0.25) is 5.91 Å². The van der Waals surface area contributed by atoms with Gasteiger partial charge in [0.05, 0.1) is 0 Å². The maximum Gasteiger partial charge on any atom is 0.223 e. The van der Waals surface area contributed by atoms with Crippen molar-refractivity contribution in [3.63, 3.8) is 0 Å². The Kier molecular flexibility index (Phi) is 5.22. The SMILES string of the molecule is CC1CCCC(C)N1NCCC(=O)N(C)C. The molecule has 1 fully saturated rings. The Labute approximate surface area is 98.9 Å². The van der Waals surface area contributed by atoms with Crippen molar-refractivity contribution in [2.45, 2.75) is 51.6 Å². The van der Waals surface area contributed by atoms with Crippen LogP contribution in [0.4, 0.5) is 0 Å². The number of hydrazine groups is 1. The highest BCUT2D eigenvalue weighted by Crippen LogP contribution is 2.19. The van der Waals surface area contributed by atoms with Gasteiger partial charge in [-0.3, -0.25) is 10.2 Å². The van der Waals surface area contributed by atoms with E-state index in [-0.39, 0.29) is 5.91 Å². The van der Waals surface area contributed by atoms with Crippen LogP contribution in [0.15, 0.2) is 0 Å². The number of nitrogens with zero attached hydrogens (tertiary/aromatic N) is 2. The molecule has 0 aromatic heterocycles. The van der Waals surface area contributed by atoms with Crippen LogP contribution in [0.2, 0.25) is 0 Å². The summed E-state index contributed by atoms with van der Waals surface area (Å²) in [4.78, 5) is 13.1. The van der Waals surface area contributed by atoms with E-state index in [1.165, 1.54) is 19.3 Å². The molecule has 2 atom stereocenters. The molecule has 0 spiro atoms. The monoisotopic (exact) mass is 227 g/mol. The molecular formula is C12H25N3O. The molecule has 1 rings (SSSR count). The van der Waals surface area contributed by atoms with Gasteiger partial charge in [-0.05, 0) is 26.7 Å². The fourth-order valence-corrected chi connectivity index (χ4v) is 2.25. The second kappa shape index (κ2) is 6.21. The predicted octanol–water partition coefficient (Wildman–Crippen LogP) is 1.23. The summed E-state index contributed by atoms with van der Waals surface area (Å²) in [6.07, 6.45) is 4.39. The normalized spacial score (nSPS) is 26.8. The Hall–Kier alpha value is -0.610. The lowest BCUT2D eigenvalue weighted by molar-refractivity contribution is -0.128. The average molecular weight is 227 g/mol. The number of rotatable bonds is 4. The summed E-state index contributed by atoms with van der Waals surface area (Å²) < 4.78 is 0. The summed E-state index contributed by atoms with van der Waals surface area (Å²) in [5.74, 6) is 0.185. The molecule has 0 aromatic rings. The number of amides is 1. The fraction of sp³-hybridized carbons (Fsp3) is 0.917. The van der Waals surface area contributed by atoms with Crippen molar-refractivity contribution >= 4 is 5.91 Å². The molecule has 1 heterocycles. The summed E-state index contributed by atoms with van der Waals surface area (Å²) >= 11 is 0. The maximum atomic E-state index is 11.4. The zero-order chi connectivity index (χ0) is 12.1. The minimum atomic E-state index is 0.185. The minimum absolute atomic E-state index is 0.185. The molecule has 0 saturated carbocycles. The van der Waals surface area contributed by atoms with Crippen molar-refractivity contribution in [1.29, 1.82) is 0 Å². The van der Waals surface area contributed by atoms with Crippen molar-refractivity contribution in [3.8, 4) is 0 Å². The quantitative estimate of drug-likeness (QED) is 0.784. The van der Waals surface area contributed by atoms with Crippen LogP contribution in [0, 0.1) is 0 Å².